The van der Waals surface area contributed by atoms with E-state index in [0.717, 1.165) is 15.8 Å². The van der Waals surface area contributed by atoms with Gasteiger partial charge in [-0.3, -0.25) is 19.7 Å². The Morgan fingerprint density at radius 2 is 1.81 bits per heavy atom. The second kappa shape index (κ2) is 9.55. The number of imide groups is 2. The predicted molar refractivity (Wildman–Crippen MR) is 133 cm³/mol. The van der Waals surface area contributed by atoms with Gasteiger partial charge < -0.3 is 14.3 Å². The third-order valence-corrected chi connectivity index (χ3v) is 5.91. The third-order valence-electron chi connectivity index (χ3n) is 5.66. The third kappa shape index (κ3) is 4.51. The summed E-state index contributed by atoms with van der Waals surface area (Å²) in [4.78, 5) is 51.7. The smallest absolute Gasteiger partial charge is 0.335 e. The molecule has 0 bridgehead atoms. The number of rotatable bonds is 6. The van der Waals surface area contributed by atoms with Gasteiger partial charge in [-0.25, -0.2) is 9.69 Å². The van der Waals surface area contributed by atoms with E-state index in [2.05, 4.69) is 10.6 Å². The minimum atomic E-state index is -0.847. The quantitative estimate of drug-likeness (QED) is 0.307. The number of benzene rings is 2. The number of para-hydroxylation sites is 1. The van der Waals surface area contributed by atoms with E-state index < -0.39 is 17.8 Å². The van der Waals surface area contributed by atoms with Crippen LogP contribution in [0.3, 0.4) is 0 Å². The Labute approximate surface area is 209 Å². The van der Waals surface area contributed by atoms with Crippen LogP contribution in [-0.4, -0.2) is 28.3 Å². The summed E-state index contributed by atoms with van der Waals surface area (Å²) in [5.41, 5.74) is 1.35. The molecule has 5 rings (SSSR count). The topological polar surface area (TPSA) is 114 Å². The molecule has 1 fully saturated rings. The molecule has 5 amide bonds. The molecule has 0 spiro atoms. The lowest BCUT2D eigenvalue weighted by atomic mass is 10.1. The fraction of sp³-hybridized carbons (Fsp3) is 0.0769. The largest absolute Gasteiger partial charge is 0.467 e. The maximum atomic E-state index is 13.2. The van der Waals surface area contributed by atoms with Gasteiger partial charge in [-0.2, -0.15) is 0 Å². The standard InChI is InChI=1S/C26H19ClN4O5/c27-17-7-9-18(10-8-17)31-25(34)21(24(33)29-26(31)35)12-16-14-30(22-6-2-1-5-20(16)22)15-23(32)28-13-19-4-3-11-36-19/h1-12,14H,13,15H2,(H,28,32)(H,29,33,35)/b21-12+. The molecule has 0 atom stereocenters. The number of urea groups is 1. The summed E-state index contributed by atoms with van der Waals surface area (Å²) in [5, 5.41) is 6.18. The Morgan fingerprint density at radius 1 is 1.03 bits per heavy atom. The molecule has 1 aliphatic rings. The van der Waals surface area contributed by atoms with Gasteiger partial charge in [0.1, 0.15) is 17.9 Å². The van der Waals surface area contributed by atoms with Gasteiger partial charge in [-0.15, -0.1) is 0 Å². The first-order valence-corrected chi connectivity index (χ1v) is 11.3. The van der Waals surface area contributed by atoms with Crippen molar-refractivity contribution in [2.75, 3.05) is 4.90 Å². The number of barbiturate groups is 1. The molecule has 2 N–H and O–H groups in total. The SMILES string of the molecule is O=C(Cn1cc(/C=C2\C(=O)NC(=O)N(c3ccc(Cl)cc3)C2=O)c2ccccc21)NCc1ccco1. The first kappa shape index (κ1) is 23.1. The van der Waals surface area contributed by atoms with E-state index in [1.54, 1.807) is 35.0 Å². The van der Waals surface area contributed by atoms with Crippen molar-refractivity contribution in [2.45, 2.75) is 13.1 Å². The fourth-order valence-corrected chi connectivity index (χ4v) is 4.09. The molecule has 3 heterocycles. The van der Waals surface area contributed by atoms with Crippen LogP contribution in [0.25, 0.3) is 17.0 Å². The van der Waals surface area contributed by atoms with Gasteiger partial charge in [0.2, 0.25) is 5.91 Å². The molecule has 1 saturated heterocycles. The van der Waals surface area contributed by atoms with Crippen molar-refractivity contribution in [3.05, 3.63) is 95.0 Å². The van der Waals surface area contributed by atoms with Crippen molar-refractivity contribution >= 4 is 58.0 Å². The summed E-state index contributed by atoms with van der Waals surface area (Å²) < 4.78 is 6.96. The van der Waals surface area contributed by atoms with Crippen LogP contribution in [0.4, 0.5) is 10.5 Å². The van der Waals surface area contributed by atoms with Gasteiger partial charge in [0.05, 0.1) is 18.5 Å². The number of carbonyl (C=O) groups is 4. The number of hydrogen-bond acceptors (Lipinski definition) is 5. The van der Waals surface area contributed by atoms with Crippen LogP contribution in [0.15, 0.2) is 83.1 Å². The Bertz CT molecular complexity index is 1520. The van der Waals surface area contributed by atoms with Crippen LogP contribution < -0.4 is 15.5 Å². The fourth-order valence-electron chi connectivity index (χ4n) is 3.97. The predicted octanol–water partition coefficient (Wildman–Crippen LogP) is 3.87. The van der Waals surface area contributed by atoms with Crippen molar-refractivity contribution < 1.29 is 23.6 Å². The molecule has 0 radical (unpaired) electrons. The first-order chi connectivity index (χ1) is 17.4. The van der Waals surface area contributed by atoms with Gasteiger partial charge in [0, 0.05) is 27.7 Å². The second-order valence-corrected chi connectivity index (χ2v) is 8.46. The number of hydrogen-bond donors (Lipinski definition) is 2. The Hall–Kier alpha value is -4.63. The van der Waals surface area contributed by atoms with Crippen LogP contribution >= 0.6 is 11.6 Å². The van der Waals surface area contributed by atoms with E-state index in [1.165, 1.54) is 24.5 Å². The number of amides is 5. The van der Waals surface area contributed by atoms with Crippen molar-refractivity contribution in [3.8, 4) is 0 Å². The molecule has 4 aromatic rings. The molecule has 36 heavy (non-hydrogen) atoms. The van der Waals surface area contributed by atoms with Crippen LogP contribution in [-0.2, 0) is 27.5 Å². The molecule has 10 heteroatoms. The van der Waals surface area contributed by atoms with Crippen LogP contribution in [0.2, 0.25) is 5.02 Å². The van der Waals surface area contributed by atoms with Gasteiger partial charge in [0.25, 0.3) is 11.8 Å². The molecule has 2 aromatic carbocycles. The number of fused-ring (bicyclic) bond motifs is 1. The zero-order valence-corrected chi connectivity index (χ0v) is 19.5. The van der Waals surface area contributed by atoms with Crippen molar-refractivity contribution in [2.24, 2.45) is 0 Å². The zero-order chi connectivity index (χ0) is 25.2. The second-order valence-electron chi connectivity index (χ2n) is 8.02. The van der Waals surface area contributed by atoms with Crippen molar-refractivity contribution in [3.63, 3.8) is 0 Å². The lowest BCUT2D eigenvalue weighted by Crippen LogP contribution is -2.54. The highest BCUT2D eigenvalue weighted by atomic mass is 35.5. The number of nitrogens with one attached hydrogen (secondary N) is 2. The average molecular weight is 503 g/mol. The summed E-state index contributed by atoms with van der Waals surface area (Å²) in [6.07, 6.45) is 4.64. The highest BCUT2D eigenvalue weighted by Crippen LogP contribution is 2.27. The highest BCUT2D eigenvalue weighted by molar-refractivity contribution is 6.39. The van der Waals surface area contributed by atoms with Crippen molar-refractivity contribution in [1.82, 2.24) is 15.2 Å². The Balaban J connectivity index is 1.45. The van der Waals surface area contributed by atoms with E-state index in [-0.39, 0.29) is 30.3 Å². The molecule has 0 unspecified atom stereocenters. The molecular weight excluding hydrogens is 484 g/mol. The van der Waals surface area contributed by atoms with Crippen molar-refractivity contribution in [1.29, 1.82) is 0 Å². The molecule has 2 aromatic heterocycles. The molecular formula is C26H19ClN4O5. The Morgan fingerprint density at radius 3 is 2.56 bits per heavy atom. The summed E-state index contributed by atoms with van der Waals surface area (Å²) in [6, 6.07) is 16.1. The lowest BCUT2D eigenvalue weighted by molar-refractivity contribution is -0.123. The normalized spacial score (nSPS) is 15.0. The molecule has 0 aliphatic carbocycles. The number of anilines is 1. The monoisotopic (exact) mass is 502 g/mol. The maximum absolute atomic E-state index is 13.2. The molecule has 9 nitrogen and oxygen atoms in total. The first-order valence-electron chi connectivity index (χ1n) is 10.9. The van der Waals surface area contributed by atoms with E-state index in [1.807, 2.05) is 24.3 Å². The zero-order valence-electron chi connectivity index (χ0n) is 18.7. The lowest BCUT2D eigenvalue weighted by Gasteiger charge is -2.26. The number of carbonyl (C=O) groups excluding carboxylic acids is 4. The molecule has 0 saturated carbocycles. The minimum Gasteiger partial charge on any atom is -0.467 e. The number of aromatic nitrogens is 1. The maximum Gasteiger partial charge on any atom is 0.335 e. The number of halogens is 1. The molecule has 180 valence electrons. The van der Waals surface area contributed by atoms with Gasteiger partial charge in [0.15, 0.2) is 0 Å². The van der Waals surface area contributed by atoms with E-state index in [4.69, 9.17) is 16.0 Å². The van der Waals surface area contributed by atoms with E-state index >= 15 is 0 Å². The van der Waals surface area contributed by atoms with Gasteiger partial charge in [-0.05, 0) is 48.5 Å². The van der Waals surface area contributed by atoms with Crippen LogP contribution in [0.5, 0.6) is 0 Å². The van der Waals surface area contributed by atoms with E-state index in [0.29, 0.717) is 16.3 Å². The number of furan rings is 1. The molecule has 1 aliphatic heterocycles. The van der Waals surface area contributed by atoms with E-state index in [9.17, 15) is 19.2 Å². The van der Waals surface area contributed by atoms with Crippen LogP contribution in [0.1, 0.15) is 11.3 Å². The van der Waals surface area contributed by atoms with Crippen LogP contribution in [0, 0.1) is 0 Å². The Kier molecular flexibility index (Phi) is 6.14. The minimum absolute atomic E-state index is 0.0138. The summed E-state index contributed by atoms with van der Waals surface area (Å²) in [5.74, 6) is -1.17. The summed E-state index contributed by atoms with van der Waals surface area (Å²) >= 11 is 5.92. The summed E-state index contributed by atoms with van der Waals surface area (Å²) in [7, 11) is 0. The number of nitrogens with zero attached hydrogens (tertiary/aromatic N) is 2. The average Bonchev–Trinajstić information content (AvgIpc) is 3.50. The van der Waals surface area contributed by atoms with Gasteiger partial charge >= 0.3 is 6.03 Å². The van der Waals surface area contributed by atoms with Gasteiger partial charge in [-0.1, -0.05) is 29.8 Å². The highest BCUT2D eigenvalue weighted by Gasteiger charge is 2.37. The summed E-state index contributed by atoms with van der Waals surface area (Å²) in [6.45, 7) is 0.269.